The van der Waals surface area contributed by atoms with Crippen molar-refractivity contribution in [3.05, 3.63) is 57.8 Å². The Labute approximate surface area is 132 Å². The molecule has 0 bridgehead atoms. The van der Waals surface area contributed by atoms with E-state index in [-0.39, 0.29) is 12.4 Å². The van der Waals surface area contributed by atoms with Crippen LogP contribution in [0, 0.1) is 5.82 Å². The van der Waals surface area contributed by atoms with Gasteiger partial charge in [0.1, 0.15) is 12.4 Å². The van der Waals surface area contributed by atoms with Crippen LogP contribution in [0.25, 0.3) is 0 Å². The predicted molar refractivity (Wildman–Crippen MR) is 84.2 cm³/mol. The predicted octanol–water partition coefficient (Wildman–Crippen LogP) is 3.90. The number of methoxy groups -OCH3 is 1. The highest BCUT2D eigenvalue weighted by Crippen LogP contribution is 2.29. The van der Waals surface area contributed by atoms with Crippen molar-refractivity contribution in [3.8, 4) is 11.5 Å². The van der Waals surface area contributed by atoms with Crippen molar-refractivity contribution in [2.24, 2.45) is 0 Å². The summed E-state index contributed by atoms with van der Waals surface area (Å²) < 4.78 is 25.4. The van der Waals surface area contributed by atoms with Crippen molar-refractivity contribution in [3.63, 3.8) is 0 Å². The molecule has 0 aliphatic rings. The Morgan fingerprint density at radius 3 is 2.62 bits per heavy atom. The first-order valence-corrected chi connectivity index (χ1v) is 7.31. The maximum Gasteiger partial charge on any atom is 0.161 e. The molecule has 0 amide bonds. The highest BCUT2D eigenvalue weighted by molar-refractivity contribution is 9.10. The molecule has 2 aromatic rings. The van der Waals surface area contributed by atoms with Gasteiger partial charge in [-0.25, -0.2) is 4.39 Å². The third-order valence-corrected chi connectivity index (χ3v) is 3.50. The molecule has 0 aliphatic heterocycles. The molecule has 0 spiro atoms. The van der Waals surface area contributed by atoms with Crippen LogP contribution in [-0.2, 0) is 13.2 Å². The zero-order valence-electron chi connectivity index (χ0n) is 12.0. The standard InChI is InChI=1S/C16H17BrFNO2/c1-19-9-11-3-6-15(16(7-11)20-2)21-10-12-4-5-13(17)8-14(12)18/h3-8,19H,9-10H2,1-2H3. The van der Waals surface area contributed by atoms with Crippen LogP contribution in [0.2, 0.25) is 0 Å². The van der Waals surface area contributed by atoms with E-state index >= 15 is 0 Å². The van der Waals surface area contributed by atoms with Gasteiger partial charge in [0.15, 0.2) is 11.5 Å². The number of rotatable bonds is 6. The van der Waals surface area contributed by atoms with Crippen LogP contribution in [0.5, 0.6) is 11.5 Å². The quantitative estimate of drug-likeness (QED) is 0.854. The zero-order chi connectivity index (χ0) is 15.2. The van der Waals surface area contributed by atoms with Gasteiger partial charge in [-0.15, -0.1) is 0 Å². The Kier molecular flexibility index (Phi) is 5.59. The Balaban J connectivity index is 2.12. The molecule has 21 heavy (non-hydrogen) atoms. The van der Waals surface area contributed by atoms with E-state index in [1.165, 1.54) is 6.07 Å². The summed E-state index contributed by atoms with van der Waals surface area (Å²) in [6.07, 6.45) is 0. The molecule has 0 unspecified atom stereocenters. The first-order chi connectivity index (χ1) is 10.1. The monoisotopic (exact) mass is 353 g/mol. The summed E-state index contributed by atoms with van der Waals surface area (Å²) in [6, 6.07) is 10.6. The van der Waals surface area contributed by atoms with Gasteiger partial charge in [-0.2, -0.15) is 0 Å². The lowest BCUT2D eigenvalue weighted by Crippen LogP contribution is -2.06. The molecule has 2 aromatic carbocycles. The number of hydrogen-bond donors (Lipinski definition) is 1. The third kappa shape index (κ3) is 4.19. The molecule has 0 atom stereocenters. The fourth-order valence-corrected chi connectivity index (χ4v) is 2.27. The minimum atomic E-state index is -0.296. The average molecular weight is 354 g/mol. The summed E-state index contributed by atoms with van der Waals surface area (Å²) >= 11 is 3.23. The Morgan fingerprint density at radius 1 is 1.14 bits per heavy atom. The van der Waals surface area contributed by atoms with E-state index in [1.54, 1.807) is 19.2 Å². The minimum absolute atomic E-state index is 0.154. The second-order valence-electron chi connectivity index (χ2n) is 4.54. The second kappa shape index (κ2) is 7.43. The van der Waals surface area contributed by atoms with Crippen LogP contribution in [-0.4, -0.2) is 14.2 Å². The number of halogens is 2. The molecule has 0 saturated carbocycles. The van der Waals surface area contributed by atoms with Gasteiger partial charge in [0.25, 0.3) is 0 Å². The lowest BCUT2D eigenvalue weighted by atomic mass is 10.2. The molecule has 0 aromatic heterocycles. The topological polar surface area (TPSA) is 30.5 Å². The normalized spacial score (nSPS) is 10.5. The van der Waals surface area contributed by atoms with Gasteiger partial charge in [0, 0.05) is 16.6 Å². The fraction of sp³-hybridized carbons (Fsp3) is 0.250. The molecule has 0 fully saturated rings. The van der Waals surface area contributed by atoms with Gasteiger partial charge < -0.3 is 14.8 Å². The maximum absolute atomic E-state index is 13.8. The number of ether oxygens (including phenoxy) is 2. The van der Waals surface area contributed by atoms with Gasteiger partial charge in [-0.1, -0.05) is 28.1 Å². The lowest BCUT2D eigenvalue weighted by molar-refractivity contribution is 0.279. The van der Waals surface area contributed by atoms with Crippen molar-refractivity contribution in [1.29, 1.82) is 0 Å². The SMILES string of the molecule is CNCc1ccc(OCc2ccc(Br)cc2F)c(OC)c1. The summed E-state index contributed by atoms with van der Waals surface area (Å²) in [5.41, 5.74) is 1.59. The van der Waals surface area contributed by atoms with E-state index < -0.39 is 0 Å². The Morgan fingerprint density at radius 2 is 1.95 bits per heavy atom. The van der Waals surface area contributed by atoms with Crippen LogP contribution in [0.15, 0.2) is 40.9 Å². The molecule has 5 heteroatoms. The molecule has 3 nitrogen and oxygen atoms in total. The number of hydrogen-bond acceptors (Lipinski definition) is 3. The van der Waals surface area contributed by atoms with Gasteiger partial charge in [0.05, 0.1) is 7.11 Å². The highest BCUT2D eigenvalue weighted by atomic mass is 79.9. The average Bonchev–Trinajstić information content (AvgIpc) is 2.47. The fourth-order valence-electron chi connectivity index (χ4n) is 1.94. The van der Waals surface area contributed by atoms with Crippen LogP contribution in [0.4, 0.5) is 4.39 Å². The van der Waals surface area contributed by atoms with Gasteiger partial charge in [-0.05, 0) is 36.9 Å². The molecule has 0 aliphatic carbocycles. The smallest absolute Gasteiger partial charge is 0.161 e. The highest BCUT2D eigenvalue weighted by Gasteiger charge is 2.08. The third-order valence-electron chi connectivity index (χ3n) is 3.01. The van der Waals surface area contributed by atoms with Crippen molar-refractivity contribution in [1.82, 2.24) is 5.32 Å². The summed E-state index contributed by atoms with van der Waals surface area (Å²) in [4.78, 5) is 0. The van der Waals surface area contributed by atoms with E-state index in [4.69, 9.17) is 9.47 Å². The minimum Gasteiger partial charge on any atom is -0.493 e. The van der Waals surface area contributed by atoms with E-state index in [0.717, 1.165) is 12.1 Å². The Bertz CT molecular complexity index is 619. The molecule has 2 rings (SSSR count). The van der Waals surface area contributed by atoms with Crippen LogP contribution in [0.3, 0.4) is 0 Å². The number of benzene rings is 2. The van der Waals surface area contributed by atoms with Crippen LogP contribution in [0.1, 0.15) is 11.1 Å². The molecule has 0 heterocycles. The van der Waals surface area contributed by atoms with Crippen molar-refractivity contribution >= 4 is 15.9 Å². The summed E-state index contributed by atoms with van der Waals surface area (Å²) in [5, 5.41) is 3.07. The molecule has 1 N–H and O–H groups in total. The zero-order valence-corrected chi connectivity index (χ0v) is 13.5. The first-order valence-electron chi connectivity index (χ1n) is 6.52. The van der Waals surface area contributed by atoms with Crippen molar-refractivity contribution in [2.45, 2.75) is 13.2 Å². The van der Waals surface area contributed by atoms with Crippen LogP contribution >= 0.6 is 15.9 Å². The molecular weight excluding hydrogens is 337 g/mol. The summed E-state index contributed by atoms with van der Waals surface area (Å²) in [6.45, 7) is 0.902. The Hall–Kier alpha value is -1.59. The van der Waals surface area contributed by atoms with E-state index in [9.17, 15) is 4.39 Å². The summed E-state index contributed by atoms with van der Waals surface area (Å²) in [7, 11) is 3.47. The van der Waals surface area contributed by atoms with E-state index in [1.807, 2.05) is 25.2 Å². The molecule has 112 valence electrons. The summed E-state index contributed by atoms with van der Waals surface area (Å²) in [5.74, 6) is 0.940. The molecule has 0 radical (unpaired) electrons. The van der Waals surface area contributed by atoms with E-state index in [0.29, 0.717) is 21.5 Å². The lowest BCUT2D eigenvalue weighted by Gasteiger charge is -2.12. The molecule has 0 saturated heterocycles. The van der Waals surface area contributed by atoms with Gasteiger partial charge in [0.2, 0.25) is 0 Å². The maximum atomic E-state index is 13.8. The van der Waals surface area contributed by atoms with Crippen molar-refractivity contribution < 1.29 is 13.9 Å². The van der Waals surface area contributed by atoms with E-state index in [2.05, 4.69) is 21.2 Å². The second-order valence-corrected chi connectivity index (χ2v) is 5.46. The van der Waals surface area contributed by atoms with Gasteiger partial charge in [-0.3, -0.25) is 0 Å². The van der Waals surface area contributed by atoms with Crippen LogP contribution < -0.4 is 14.8 Å². The first kappa shape index (κ1) is 15.8. The molecular formula is C16H17BrFNO2. The largest absolute Gasteiger partial charge is 0.493 e. The van der Waals surface area contributed by atoms with Gasteiger partial charge >= 0.3 is 0 Å². The van der Waals surface area contributed by atoms with Crippen molar-refractivity contribution in [2.75, 3.05) is 14.2 Å². The number of nitrogens with one attached hydrogen (secondary N) is 1.